The van der Waals surface area contributed by atoms with Gasteiger partial charge in [0, 0.05) is 36.7 Å². The number of methoxy groups -OCH3 is 1. The van der Waals surface area contributed by atoms with Crippen molar-refractivity contribution in [3.8, 4) is 10.4 Å². The summed E-state index contributed by atoms with van der Waals surface area (Å²) in [5.41, 5.74) is 3.18. The fraction of sp³-hybridized carbons (Fsp3) is 0.143. The van der Waals surface area contributed by atoms with E-state index >= 15 is 0 Å². The topological polar surface area (TPSA) is 15.7 Å². The fourth-order valence-corrected chi connectivity index (χ4v) is 6.04. The zero-order valence-electron chi connectivity index (χ0n) is 15.6. The normalized spacial score (nSPS) is 13.7. The standard InChI is InChI=1S/C21H18Cl2N2OS2/c1-24(2)25-17-12-18(13-7-5-4-6-8-13)27-19(17)21(26-3)28-20(25)15-10-9-14(22)11-16(15)23/h4-12H,1-3H3. The molecule has 0 spiro atoms. The Morgan fingerprint density at radius 1 is 1.00 bits per heavy atom. The van der Waals surface area contributed by atoms with Crippen LogP contribution in [0.5, 0.6) is 0 Å². The van der Waals surface area contributed by atoms with E-state index in [4.69, 9.17) is 27.9 Å². The van der Waals surface area contributed by atoms with E-state index in [2.05, 4.69) is 40.3 Å². The Hall–Kier alpha value is -1.60. The lowest BCUT2D eigenvalue weighted by Gasteiger charge is -2.34. The number of hydrazine groups is 1. The van der Waals surface area contributed by atoms with Gasteiger partial charge in [0.15, 0.2) is 0 Å². The summed E-state index contributed by atoms with van der Waals surface area (Å²) >= 11 is 14.4. The van der Waals surface area contributed by atoms with Gasteiger partial charge in [-0.2, -0.15) is 0 Å². The Bertz CT molecular complexity index is 1100. The third-order valence-electron chi connectivity index (χ3n) is 4.31. The summed E-state index contributed by atoms with van der Waals surface area (Å²) in [7, 11) is 7.32. The van der Waals surface area contributed by atoms with Crippen LogP contribution in [0.15, 0.2) is 54.6 Å². The van der Waals surface area contributed by atoms with Gasteiger partial charge in [0.1, 0.15) is 10.0 Å². The van der Waals surface area contributed by atoms with Crippen molar-refractivity contribution in [3.05, 3.63) is 75.1 Å². The molecule has 4 rings (SSSR count). The van der Waals surface area contributed by atoms with E-state index in [0.717, 1.165) is 26.2 Å². The number of hydrogen-bond donors (Lipinski definition) is 0. The van der Waals surface area contributed by atoms with Crippen molar-refractivity contribution < 1.29 is 4.74 Å². The monoisotopic (exact) mass is 448 g/mol. The van der Waals surface area contributed by atoms with Crippen LogP contribution >= 0.6 is 45.5 Å². The smallest absolute Gasteiger partial charge is 0.150 e. The number of fused-ring (bicyclic) bond motifs is 1. The van der Waals surface area contributed by atoms with E-state index in [1.807, 2.05) is 32.3 Å². The third kappa shape index (κ3) is 3.54. The second-order valence-electron chi connectivity index (χ2n) is 6.37. The quantitative estimate of drug-likeness (QED) is 0.453. The Labute approximate surface area is 182 Å². The van der Waals surface area contributed by atoms with E-state index in [1.54, 1.807) is 35.5 Å². The largest absolute Gasteiger partial charge is 0.338 e. The number of rotatable bonds is 3. The van der Waals surface area contributed by atoms with E-state index in [9.17, 15) is 0 Å². The van der Waals surface area contributed by atoms with Gasteiger partial charge in [0.05, 0.1) is 15.6 Å². The van der Waals surface area contributed by atoms with Gasteiger partial charge in [0.25, 0.3) is 0 Å². The molecule has 0 radical (unpaired) electrons. The minimum Gasteiger partial charge on any atom is -0.338 e. The van der Waals surface area contributed by atoms with Crippen LogP contribution in [0, 0.1) is 0 Å². The number of ether oxygens (including phenoxy) is 1. The maximum absolute atomic E-state index is 6.54. The average molecular weight is 449 g/mol. The lowest BCUT2D eigenvalue weighted by Crippen LogP contribution is -2.43. The molecule has 0 N–H and O–H groups in total. The van der Waals surface area contributed by atoms with Crippen LogP contribution in [0.1, 0.15) is 10.4 Å². The number of nitrogens with zero attached hydrogens (tertiary/aromatic N) is 2. The molecule has 0 atom stereocenters. The number of benzene rings is 2. The first-order chi connectivity index (χ1) is 13.5. The summed E-state index contributed by atoms with van der Waals surface area (Å²) in [6.07, 6.45) is 0. The van der Waals surface area contributed by atoms with Gasteiger partial charge >= 0.3 is 0 Å². The van der Waals surface area contributed by atoms with Gasteiger partial charge in [-0.15, -0.1) is 11.3 Å². The summed E-state index contributed by atoms with van der Waals surface area (Å²) in [6, 6.07) is 18.2. The number of halogens is 2. The van der Waals surface area contributed by atoms with Crippen molar-refractivity contribution in [2.45, 2.75) is 0 Å². The molecule has 2 aromatic carbocycles. The lowest BCUT2D eigenvalue weighted by molar-refractivity contribution is 0.412. The number of thiophene rings is 1. The van der Waals surface area contributed by atoms with Crippen molar-refractivity contribution in [1.82, 2.24) is 5.01 Å². The molecule has 1 aliphatic heterocycles. The van der Waals surface area contributed by atoms with E-state index < -0.39 is 0 Å². The second kappa shape index (κ2) is 8.03. The average Bonchev–Trinajstić information content (AvgIpc) is 3.12. The molecule has 0 saturated carbocycles. The molecule has 0 amide bonds. The molecule has 144 valence electrons. The van der Waals surface area contributed by atoms with Gasteiger partial charge in [-0.05, 0) is 29.8 Å². The molecule has 7 heteroatoms. The molecule has 3 nitrogen and oxygen atoms in total. The van der Waals surface area contributed by atoms with Crippen molar-refractivity contribution in [2.75, 3.05) is 26.2 Å². The molecule has 1 aromatic heterocycles. The highest BCUT2D eigenvalue weighted by atomic mass is 35.5. The molecular weight excluding hydrogens is 431 g/mol. The molecule has 3 aromatic rings. The van der Waals surface area contributed by atoms with Crippen LogP contribution in [-0.2, 0) is 4.74 Å². The SMILES string of the molecule is COC1=S=C(c2ccc(Cl)cc2Cl)N(N(C)C)c2cc(-c3ccccc3)sc21. The summed E-state index contributed by atoms with van der Waals surface area (Å²) < 4.78 is 5.77. The van der Waals surface area contributed by atoms with E-state index in [0.29, 0.717) is 10.0 Å². The van der Waals surface area contributed by atoms with Crippen molar-refractivity contribution in [3.63, 3.8) is 0 Å². The zero-order chi connectivity index (χ0) is 19.8. The zero-order valence-corrected chi connectivity index (χ0v) is 18.7. The number of anilines is 1. The van der Waals surface area contributed by atoms with Gasteiger partial charge in [0.2, 0.25) is 0 Å². The van der Waals surface area contributed by atoms with Crippen LogP contribution in [0.3, 0.4) is 0 Å². The molecule has 0 fully saturated rings. The minimum absolute atomic E-state index is 0.610. The van der Waals surface area contributed by atoms with Gasteiger partial charge in [-0.25, -0.2) is 5.01 Å². The molecule has 1 aliphatic rings. The lowest BCUT2D eigenvalue weighted by atomic mass is 10.1. The van der Waals surface area contributed by atoms with Crippen LogP contribution in [0.25, 0.3) is 10.4 Å². The van der Waals surface area contributed by atoms with Crippen LogP contribution in [0.2, 0.25) is 10.0 Å². The maximum Gasteiger partial charge on any atom is 0.150 e. The summed E-state index contributed by atoms with van der Waals surface area (Å²) in [4.78, 5) is 3.28. The van der Waals surface area contributed by atoms with Gasteiger partial charge in [-0.3, -0.25) is 5.01 Å². The third-order valence-corrected chi connectivity index (χ3v) is 7.30. The van der Waals surface area contributed by atoms with Crippen molar-refractivity contribution in [2.24, 2.45) is 0 Å². The molecule has 2 heterocycles. The predicted molar refractivity (Wildman–Crippen MR) is 125 cm³/mol. The first kappa shape index (κ1) is 19.7. The predicted octanol–water partition coefficient (Wildman–Crippen LogP) is 6.05. The van der Waals surface area contributed by atoms with Crippen LogP contribution < -0.4 is 5.01 Å². The highest BCUT2D eigenvalue weighted by molar-refractivity contribution is 7.99. The Morgan fingerprint density at radius 2 is 1.75 bits per heavy atom. The van der Waals surface area contributed by atoms with Crippen LogP contribution in [-0.4, -0.2) is 36.3 Å². The first-order valence-electron chi connectivity index (χ1n) is 8.57. The Morgan fingerprint density at radius 3 is 2.39 bits per heavy atom. The molecular formula is C21H18Cl2N2OS2. The summed E-state index contributed by atoms with van der Waals surface area (Å²) in [5, 5.41) is 6.31. The van der Waals surface area contributed by atoms with E-state index in [-0.39, 0.29) is 0 Å². The molecule has 28 heavy (non-hydrogen) atoms. The Balaban J connectivity index is 1.92. The minimum atomic E-state index is 0.610. The molecule has 0 aliphatic carbocycles. The van der Waals surface area contributed by atoms with Crippen LogP contribution in [0.4, 0.5) is 5.69 Å². The number of hydrogen-bond acceptors (Lipinski definition) is 4. The maximum atomic E-state index is 6.54. The molecule has 0 saturated heterocycles. The second-order valence-corrected chi connectivity index (χ2v) is 9.23. The first-order valence-corrected chi connectivity index (χ1v) is 11.0. The molecule has 0 bridgehead atoms. The fourth-order valence-electron chi connectivity index (χ4n) is 3.08. The summed E-state index contributed by atoms with van der Waals surface area (Å²) in [6.45, 7) is 0. The van der Waals surface area contributed by atoms with E-state index in [1.165, 1.54) is 10.4 Å². The van der Waals surface area contributed by atoms with Crippen molar-refractivity contribution in [1.29, 1.82) is 0 Å². The van der Waals surface area contributed by atoms with Gasteiger partial charge in [-0.1, -0.05) is 64.5 Å². The highest BCUT2D eigenvalue weighted by Crippen LogP contribution is 2.41. The highest BCUT2D eigenvalue weighted by Gasteiger charge is 2.29. The van der Waals surface area contributed by atoms with Gasteiger partial charge < -0.3 is 4.74 Å². The summed E-state index contributed by atoms with van der Waals surface area (Å²) in [5.74, 6) is 0. The van der Waals surface area contributed by atoms with Crippen molar-refractivity contribution >= 4 is 61.2 Å². The molecule has 0 unspecified atom stereocenters. The Kier molecular flexibility index (Phi) is 5.65.